The quantitative estimate of drug-likeness (QED) is 0.826. The van der Waals surface area contributed by atoms with Crippen LogP contribution < -0.4 is 10.1 Å². The maximum Gasteiger partial charge on any atom is 0.326 e. The van der Waals surface area contributed by atoms with Crippen molar-refractivity contribution in [3.63, 3.8) is 0 Å². The van der Waals surface area contributed by atoms with Gasteiger partial charge in [-0.25, -0.2) is 4.79 Å². The van der Waals surface area contributed by atoms with E-state index in [9.17, 15) is 14.7 Å². The van der Waals surface area contributed by atoms with Gasteiger partial charge >= 0.3 is 5.97 Å². The van der Waals surface area contributed by atoms with E-state index in [1.807, 2.05) is 13.0 Å². The SMILES string of the molecule is CCC(C)C(NC(=O)c1sc2ccc(OC)cc2c1Cl)C(=O)O. The molecule has 2 N–H and O–H groups in total. The standard InChI is InChI=1S/C16H18ClNO4S/c1-4-8(2)13(16(20)21)18-15(19)14-12(17)10-7-9(22-3)5-6-11(10)23-14/h5-8,13H,4H2,1-3H3,(H,18,19)(H,20,21). The third-order valence-electron chi connectivity index (χ3n) is 3.81. The van der Waals surface area contributed by atoms with E-state index in [0.717, 1.165) is 10.1 Å². The van der Waals surface area contributed by atoms with Crippen molar-refractivity contribution < 1.29 is 19.4 Å². The first-order chi connectivity index (χ1) is 10.9. The molecule has 5 nitrogen and oxygen atoms in total. The average Bonchev–Trinajstić information content (AvgIpc) is 2.87. The van der Waals surface area contributed by atoms with E-state index in [0.29, 0.717) is 22.1 Å². The predicted molar refractivity (Wildman–Crippen MR) is 91.7 cm³/mol. The highest BCUT2D eigenvalue weighted by atomic mass is 35.5. The first kappa shape index (κ1) is 17.6. The molecule has 124 valence electrons. The van der Waals surface area contributed by atoms with Gasteiger partial charge in [-0.05, 0) is 24.1 Å². The van der Waals surface area contributed by atoms with Crippen LogP contribution in [0.3, 0.4) is 0 Å². The maximum atomic E-state index is 12.4. The van der Waals surface area contributed by atoms with Crippen molar-refractivity contribution in [3.05, 3.63) is 28.1 Å². The Morgan fingerprint density at radius 1 is 1.43 bits per heavy atom. The van der Waals surface area contributed by atoms with Gasteiger partial charge in [0.1, 0.15) is 16.7 Å². The molecule has 2 atom stereocenters. The molecule has 2 rings (SSSR count). The number of carbonyl (C=O) groups excluding carboxylic acids is 1. The average molecular weight is 356 g/mol. The van der Waals surface area contributed by atoms with E-state index in [1.54, 1.807) is 26.2 Å². The van der Waals surface area contributed by atoms with Gasteiger partial charge in [0.25, 0.3) is 5.91 Å². The van der Waals surface area contributed by atoms with Crippen molar-refractivity contribution in [1.82, 2.24) is 5.32 Å². The first-order valence-corrected chi connectivity index (χ1v) is 8.38. The Morgan fingerprint density at radius 3 is 2.70 bits per heavy atom. The summed E-state index contributed by atoms with van der Waals surface area (Å²) < 4.78 is 6.00. The molecule has 0 radical (unpaired) electrons. The Morgan fingerprint density at radius 2 is 2.13 bits per heavy atom. The van der Waals surface area contributed by atoms with Crippen LogP contribution in [0.4, 0.5) is 0 Å². The molecule has 1 aromatic carbocycles. The minimum atomic E-state index is -1.05. The molecule has 2 unspecified atom stereocenters. The van der Waals surface area contributed by atoms with Gasteiger partial charge in [0.2, 0.25) is 0 Å². The summed E-state index contributed by atoms with van der Waals surface area (Å²) in [6.07, 6.45) is 0.647. The lowest BCUT2D eigenvalue weighted by Gasteiger charge is -2.19. The van der Waals surface area contributed by atoms with E-state index in [4.69, 9.17) is 16.3 Å². The molecule has 0 aliphatic rings. The van der Waals surface area contributed by atoms with E-state index in [1.165, 1.54) is 11.3 Å². The number of ether oxygens (including phenoxy) is 1. The van der Waals surface area contributed by atoms with Crippen molar-refractivity contribution in [2.75, 3.05) is 7.11 Å². The second-order valence-electron chi connectivity index (χ2n) is 5.28. The number of carboxylic acid groups (broad SMARTS) is 1. The second-order valence-corrected chi connectivity index (χ2v) is 6.71. The number of hydrogen-bond donors (Lipinski definition) is 2. The van der Waals surface area contributed by atoms with Crippen molar-refractivity contribution in [1.29, 1.82) is 0 Å². The lowest BCUT2D eigenvalue weighted by atomic mass is 9.99. The summed E-state index contributed by atoms with van der Waals surface area (Å²) in [4.78, 5) is 24.1. The highest BCUT2D eigenvalue weighted by Crippen LogP contribution is 2.37. The molecule has 0 fully saturated rings. The maximum absolute atomic E-state index is 12.4. The number of carboxylic acids is 1. The van der Waals surface area contributed by atoms with Crippen LogP contribution in [0.1, 0.15) is 29.9 Å². The number of thiophene rings is 1. The third kappa shape index (κ3) is 3.59. The van der Waals surface area contributed by atoms with E-state index in [-0.39, 0.29) is 5.92 Å². The molecule has 2 aromatic rings. The zero-order chi connectivity index (χ0) is 17.1. The highest BCUT2D eigenvalue weighted by Gasteiger charge is 2.27. The molecule has 0 aliphatic carbocycles. The minimum Gasteiger partial charge on any atom is -0.497 e. The zero-order valence-corrected chi connectivity index (χ0v) is 14.6. The van der Waals surface area contributed by atoms with Crippen LogP contribution in [-0.4, -0.2) is 30.1 Å². The summed E-state index contributed by atoms with van der Waals surface area (Å²) in [7, 11) is 1.55. The Bertz CT molecular complexity index is 743. The van der Waals surface area contributed by atoms with Gasteiger partial charge in [-0.15, -0.1) is 11.3 Å². The number of rotatable bonds is 6. The number of aliphatic carboxylic acids is 1. The molecule has 7 heteroatoms. The number of benzene rings is 1. The third-order valence-corrected chi connectivity index (χ3v) is 5.48. The zero-order valence-electron chi connectivity index (χ0n) is 13.1. The summed E-state index contributed by atoms with van der Waals surface area (Å²) in [6, 6.07) is 4.43. The van der Waals surface area contributed by atoms with E-state index < -0.39 is 17.9 Å². The Labute approximate surface area is 143 Å². The highest BCUT2D eigenvalue weighted by molar-refractivity contribution is 7.21. The van der Waals surface area contributed by atoms with Gasteiger partial charge in [0.15, 0.2) is 0 Å². The molecule has 1 amide bonds. The van der Waals surface area contributed by atoms with Crippen molar-refractivity contribution in [2.24, 2.45) is 5.92 Å². The van der Waals surface area contributed by atoms with Crippen LogP contribution in [0.2, 0.25) is 5.02 Å². The van der Waals surface area contributed by atoms with E-state index in [2.05, 4.69) is 5.32 Å². The van der Waals surface area contributed by atoms with Crippen LogP contribution in [0.5, 0.6) is 5.75 Å². The van der Waals surface area contributed by atoms with Crippen LogP contribution in [0.15, 0.2) is 18.2 Å². The van der Waals surface area contributed by atoms with Crippen molar-refractivity contribution in [3.8, 4) is 5.75 Å². The second kappa shape index (κ2) is 7.19. The number of halogens is 1. The molecule has 1 aromatic heterocycles. The molecule has 0 aliphatic heterocycles. The monoisotopic (exact) mass is 355 g/mol. The number of fused-ring (bicyclic) bond motifs is 1. The summed E-state index contributed by atoms with van der Waals surface area (Å²) in [5.41, 5.74) is 0. The van der Waals surface area contributed by atoms with Crippen LogP contribution >= 0.6 is 22.9 Å². The topological polar surface area (TPSA) is 75.6 Å². The number of hydrogen-bond acceptors (Lipinski definition) is 4. The fourth-order valence-corrected chi connectivity index (χ4v) is 3.60. The van der Waals surface area contributed by atoms with Gasteiger partial charge in [-0.2, -0.15) is 0 Å². The lowest BCUT2D eigenvalue weighted by Crippen LogP contribution is -2.44. The number of methoxy groups -OCH3 is 1. The van der Waals surface area contributed by atoms with Crippen molar-refractivity contribution >= 4 is 44.9 Å². The van der Waals surface area contributed by atoms with Crippen LogP contribution in [-0.2, 0) is 4.79 Å². The Kier molecular flexibility index (Phi) is 5.49. The van der Waals surface area contributed by atoms with E-state index >= 15 is 0 Å². The fourth-order valence-electron chi connectivity index (χ4n) is 2.21. The van der Waals surface area contributed by atoms with Gasteiger partial charge in [0, 0.05) is 10.1 Å². The van der Waals surface area contributed by atoms with Crippen LogP contribution in [0.25, 0.3) is 10.1 Å². The lowest BCUT2D eigenvalue weighted by molar-refractivity contribution is -0.140. The summed E-state index contributed by atoms with van der Waals surface area (Å²) in [6.45, 7) is 3.67. The van der Waals surface area contributed by atoms with Gasteiger partial charge < -0.3 is 15.2 Å². The molecule has 0 saturated heterocycles. The molecule has 1 heterocycles. The minimum absolute atomic E-state index is 0.176. The molecule has 0 saturated carbocycles. The smallest absolute Gasteiger partial charge is 0.326 e. The van der Waals surface area contributed by atoms with Crippen LogP contribution in [0, 0.1) is 5.92 Å². The summed E-state index contributed by atoms with van der Waals surface area (Å²) in [5.74, 6) is -1.05. The molecular formula is C16H18ClNO4S. The number of amides is 1. The number of nitrogens with one attached hydrogen (secondary N) is 1. The molecule has 0 bridgehead atoms. The molecule has 0 spiro atoms. The number of carbonyl (C=O) groups is 2. The Balaban J connectivity index is 2.34. The van der Waals surface area contributed by atoms with Gasteiger partial charge in [-0.1, -0.05) is 31.9 Å². The molecule has 23 heavy (non-hydrogen) atoms. The normalized spacial score (nSPS) is 13.6. The van der Waals surface area contributed by atoms with Crippen molar-refractivity contribution in [2.45, 2.75) is 26.3 Å². The predicted octanol–water partition coefficient (Wildman–Crippen LogP) is 3.79. The van der Waals surface area contributed by atoms with Gasteiger partial charge in [0.05, 0.1) is 12.1 Å². The summed E-state index contributed by atoms with van der Waals surface area (Å²) >= 11 is 7.54. The fraction of sp³-hybridized carbons (Fsp3) is 0.375. The molecular weight excluding hydrogens is 338 g/mol. The largest absolute Gasteiger partial charge is 0.497 e. The first-order valence-electron chi connectivity index (χ1n) is 7.18. The Hall–Kier alpha value is -1.79. The van der Waals surface area contributed by atoms with Gasteiger partial charge in [-0.3, -0.25) is 4.79 Å². The summed E-state index contributed by atoms with van der Waals surface area (Å²) in [5, 5.41) is 12.9.